The number of rotatable bonds is 1. The van der Waals surface area contributed by atoms with Crippen molar-refractivity contribution in [2.24, 2.45) is 0 Å². The molecular weight excluding hydrogens is 331 g/mol. The van der Waals surface area contributed by atoms with Crippen molar-refractivity contribution >= 4 is 10.9 Å². The number of alkyl halides is 3. The Morgan fingerprint density at radius 1 is 1.08 bits per heavy atom. The number of fused-ring (bicyclic) bond motifs is 1. The average Bonchev–Trinajstić information content (AvgIpc) is 2.97. The zero-order valence-corrected chi connectivity index (χ0v) is 13.3. The van der Waals surface area contributed by atoms with Gasteiger partial charge in [-0.15, -0.1) is 0 Å². The van der Waals surface area contributed by atoms with Gasteiger partial charge in [-0.2, -0.15) is 28.8 Å². The maximum Gasteiger partial charge on any atom is 0.433 e. The number of hydrogen-bond acceptors (Lipinski definition) is 4. The van der Waals surface area contributed by atoms with Crippen LogP contribution in [0.4, 0.5) is 13.2 Å². The summed E-state index contributed by atoms with van der Waals surface area (Å²) >= 11 is 0. The minimum atomic E-state index is -4.57. The Bertz CT molecular complexity index is 976. The van der Waals surface area contributed by atoms with Gasteiger partial charge in [0.25, 0.3) is 0 Å². The molecule has 1 aliphatic heterocycles. The topological polar surface area (TPSA) is 88.3 Å². The molecule has 2 N–H and O–H groups in total. The number of hydrogen-bond donors (Lipinski definition) is 2. The summed E-state index contributed by atoms with van der Waals surface area (Å²) in [6, 6.07) is 8.50. The zero-order valence-electron chi connectivity index (χ0n) is 13.3. The van der Waals surface area contributed by atoms with Gasteiger partial charge < -0.3 is 5.32 Å². The van der Waals surface area contributed by atoms with Gasteiger partial charge in [0.15, 0.2) is 0 Å². The third-order valence-electron chi connectivity index (χ3n) is 4.20. The van der Waals surface area contributed by atoms with Gasteiger partial charge in [-0.3, -0.25) is 5.10 Å². The Labute approximate surface area is 141 Å². The van der Waals surface area contributed by atoms with Crippen LogP contribution in [0.2, 0.25) is 0 Å². The van der Waals surface area contributed by atoms with Crippen molar-refractivity contribution in [1.82, 2.24) is 15.5 Å². The van der Waals surface area contributed by atoms with Crippen molar-refractivity contribution in [2.45, 2.75) is 25.9 Å². The fourth-order valence-electron chi connectivity index (χ4n) is 3.05. The van der Waals surface area contributed by atoms with E-state index in [1.54, 1.807) is 19.9 Å². The van der Waals surface area contributed by atoms with Crippen molar-refractivity contribution < 1.29 is 13.2 Å². The Morgan fingerprint density at radius 3 is 2.20 bits per heavy atom. The second-order valence-corrected chi connectivity index (χ2v) is 5.73. The number of H-pyrrole nitrogens is 1. The second-order valence-electron chi connectivity index (χ2n) is 5.73. The lowest BCUT2D eigenvalue weighted by Gasteiger charge is -2.26. The third-order valence-corrected chi connectivity index (χ3v) is 4.20. The highest BCUT2D eigenvalue weighted by Crippen LogP contribution is 2.40. The maximum absolute atomic E-state index is 13.1. The zero-order chi connectivity index (χ0) is 18.4. The molecule has 1 aromatic carbocycles. The van der Waals surface area contributed by atoms with E-state index in [1.807, 2.05) is 5.10 Å². The van der Waals surface area contributed by atoms with E-state index in [2.05, 4.69) is 22.6 Å². The molecule has 2 aromatic rings. The molecule has 5 nitrogen and oxygen atoms in total. The quantitative estimate of drug-likeness (QED) is 0.823. The molecule has 0 bridgehead atoms. The molecule has 2 heterocycles. The smallest absolute Gasteiger partial charge is 0.361 e. The Balaban J connectivity index is 2.25. The fraction of sp³-hybridized carbons (Fsp3) is 0.235. The van der Waals surface area contributed by atoms with Crippen LogP contribution in [0, 0.1) is 22.7 Å². The molecule has 0 radical (unpaired) electrons. The molecule has 3 rings (SSSR count). The second kappa shape index (κ2) is 5.67. The van der Waals surface area contributed by atoms with Crippen LogP contribution in [0.25, 0.3) is 10.9 Å². The molecule has 8 heteroatoms. The molecular formula is C17H12F3N5. The van der Waals surface area contributed by atoms with Gasteiger partial charge in [0.2, 0.25) is 0 Å². The minimum Gasteiger partial charge on any atom is -0.361 e. The first-order valence-corrected chi connectivity index (χ1v) is 7.32. The number of aromatic nitrogens is 2. The van der Waals surface area contributed by atoms with Gasteiger partial charge in [0.1, 0.15) is 5.69 Å². The van der Waals surface area contributed by atoms with E-state index < -0.39 is 17.8 Å². The van der Waals surface area contributed by atoms with Crippen molar-refractivity contribution in [3.8, 4) is 12.1 Å². The molecule has 0 amide bonds. The number of nitrogens with zero attached hydrogens (tertiary/aromatic N) is 3. The normalized spacial score (nSPS) is 16.0. The molecule has 0 fully saturated rings. The lowest BCUT2D eigenvalue weighted by molar-refractivity contribution is -0.139. The summed E-state index contributed by atoms with van der Waals surface area (Å²) in [7, 11) is 0. The van der Waals surface area contributed by atoms with Gasteiger partial charge in [-0.1, -0.05) is 6.07 Å². The van der Waals surface area contributed by atoms with E-state index in [0.29, 0.717) is 28.1 Å². The average molecular weight is 343 g/mol. The van der Waals surface area contributed by atoms with Crippen LogP contribution >= 0.6 is 0 Å². The Morgan fingerprint density at radius 2 is 1.68 bits per heavy atom. The van der Waals surface area contributed by atoms with E-state index in [0.717, 1.165) is 0 Å². The number of halogens is 3. The molecule has 0 saturated heterocycles. The van der Waals surface area contributed by atoms with Gasteiger partial charge >= 0.3 is 6.18 Å². The summed E-state index contributed by atoms with van der Waals surface area (Å²) in [6.45, 7) is 3.39. The van der Waals surface area contributed by atoms with Crippen molar-refractivity contribution in [3.63, 3.8) is 0 Å². The predicted molar refractivity (Wildman–Crippen MR) is 83.6 cm³/mol. The Hall–Kier alpha value is -3.26. The highest BCUT2D eigenvalue weighted by Gasteiger charge is 2.36. The molecule has 0 unspecified atom stereocenters. The van der Waals surface area contributed by atoms with Crippen molar-refractivity contribution in [2.75, 3.05) is 0 Å². The van der Waals surface area contributed by atoms with Gasteiger partial charge in [-0.05, 0) is 31.5 Å². The molecule has 1 aliphatic rings. The number of aromatic amines is 1. The molecule has 126 valence electrons. The number of nitrogens with one attached hydrogen (secondary N) is 2. The summed E-state index contributed by atoms with van der Waals surface area (Å²) in [6.07, 6.45) is -4.57. The maximum atomic E-state index is 13.1. The van der Waals surface area contributed by atoms with E-state index >= 15 is 0 Å². The highest BCUT2D eigenvalue weighted by atomic mass is 19.4. The number of nitriles is 2. The molecule has 0 spiro atoms. The first kappa shape index (κ1) is 16.6. The number of benzene rings is 1. The lowest BCUT2D eigenvalue weighted by atomic mass is 9.81. The number of dihydropyridines is 1. The van der Waals surface area contributed by atoms with Crippen molar-refractivity contribution in [1.29, 1.82) is 10.5 Å². The molecule has 0 atom stereocenters. The highest BCUT2D eigenvalue weighted by molar-refractivity contribution is 5.83. The summed E-state index contributed by atoms with van der Waals surface area (Å²) in [5, 5.41) is 27.5. The van der Waals surface area contributed by atoms with Crippen LogP contribution < -0.4 is 5.32 Å². The fourth-order valence-corrected chi connectivity index (χ4v) is 3.05. The van der Waals surface area contributed by atoms with Gasteiger partial charge in [0.05, 0.1) is 34.7 Å². The minimum absolute atomic E-state index is 0.0894. The molecule has 0 aliphatic carbocycles. The van der Waals surface area contributed by atoms with Crippen LogP contribution in [-0.4, -0.2) is 10.2 Å². The molecule has 1 aromatic heterocycles. The van der Waals surface area contributed by atoms with Crippen LogP contribution in [-0.2, 0) is 6.18 Å². The van der Waals surface area contributed by atoms with E-state index in [9.17, 15) is 23.7 Å². The van der Waals surface area contributed by atoms with Crippen LogP contribution in [0.3, 0.4) is 0 Å². The van der Waals surface area contributed by atoms with E-state index in [4.69, 9.17) is 0 Å². The largest absolute Gasteiger partial charge is 0.433 e. The lowest BCUT2D eigenvalue weighted by Crippen LogP contribution is -2.23. The molecule has 0 saturated carbocycles. The van der Waals surface area contributed by atoms with Crippen LogP contribution in [0.1, 0.15) is 31.0 Å². The summed E-state index contributed by atoms with van der Waals surface area (Å²) < 4.78 is 39.4. The predicted octanol–water partition coefficient (Wildman–Crippen LogP) is 3.86. The van der Waals surface area contributed by atoms with E-state index in [1.165, 1.54) is 12.1 Å². The Kier molecular flexibility index (Phi) is 3.77. The first-order valence-electron chi connectivity index (χ1n) is 7.32. The summed E-state index contributed by atoms with van der Waals surface area (Å²) in [5.41, 5.74) is 1.42. The monoisotopic (exact) mass is 343 g/mol. The third kappa shape index (κ3) is 2.62. The van der Waals surface area contributed by atoms with Crippen molar-refractivity contribution in [3.05, 3.63) is 52.0 Å². The standard InChI is InChI=1S/C17H12F3N5/c1-8-12(6-21)15(13(7-22)9(2)23-8)10-3-4-14-11(5-10)16(25-24-14)17(18,19)20/h3-5,15,23H,1-2H3,(H,24,25). The summed E-state index contributed by atoms with van der Waals surface area (Å²) in [4.78, 5) is 0. The molecule has 25 heavy (non-hydrogen) atoms. The first-order chi connectivity index (χ1) is 11.8. The summed E-state index contributed by atoms with van der Waals surface area (Å²) in [5.74, 6) is -0.711. The number of allylic oxidation sites excluding steroid dienone is 4. The van der Waals surface area contributed by atoms with Crippen LogP contribution in [0.15, 0.2) is 40.7 Å². The van der Waals surface area contributed by atoms with Gasteiger partial charge in [-0.25, -0.2) is 0 Å². The van der Waals surface area contributed by atoms with Gasteiger partial charge in [0, 0.05) is 16.8 Å². The van der Waals surface area contributed by atoms with Crippen LogP contribution in [0.5, 0.6) is 0 Å². The van der Waals surface area contributed by atoms with E-state index in [-0.39, 0.29) is 10.9 Å². The SMILES string of the molecule is CC1=C(C#N)C(c2ccc3n[nH]c(C(F)(F)F)c3c2)C(C#N)=C(C)N1.